The minimum absolute atomic E-state index is 0.183. The monoisotopic (exact) mass is 214 g/mol. The lowest BCUT2D eigenvalue weighted by atomic mass is 10.3. The molecule has 0 aliphatic rings. The average molecular weight is 214 g/mol. The minimum Gasteiger partial charge on any atom is -0.456 e. The van der Waals surface area contributed by atoms with Crippen molar-refractivity contribution in [2.45, 2.75) is 6.61 Å². The molecule has 0 saturated carbocycles. The number of rotatable bonds is 3. The molecular formula is C12H10N2O2. The highest BCUT2D eigenvalue weighted by atomic mass is 16.5. The van der Waals surface area contributed by atoms with Gasteiger partial charge < -0.3 is 4.74 Å². The van der Waals surface area contributed by atoms with Crippen molar-refractivity contribution in [2.75, 3.05) is 0 Å². The molecule has 0 amide bonds. The molecule has 0 N–H and O–H groups in total. The second kappa shape index (κ2) is 5.02. The zero-order valence-corrected chi connectivity index (χ0v) is 8.54. The van der Waals surface area contributed by atoms with E-state index in [1.807, 2.05) is 12.1 Å². The Morgan fingerprint density at radius 3 is 2.62 bits per heavy atom. The molecule has 2 aromatic rings. The largest absolute Gasteiger partial charge is 0.456 e. The fourth-order valence-electron chi connectivity index (χ4n) is 1.19. The molecular weight excluding hydrogens is 204 g/mol. The summed E-state index contributed by atoms with van der Waals surface area (Å²) in [5, 5.41) is 0. The first-order valence-electron chi connectivity index (χ1n) is 4.83. The number of carbonyl (C=O) groups excluding carboxylic acids is 1. The molecule has 2 aromatic heterocycles. The van der Waals surface area contributed by atoms with Crippen molar-refractivity contribution >= 4 is 5.97 Å². The number of aromatic nitrogens is 2. The van der Waals surface area contributed by atoms with Crippen LogP contribution in [0.3, 0.4) is 0 Å². The minimum atomic E-state index is -0.368. The maximum absolute atomic E-state index is 11.5. The van der Waals surface area contributed by atoms with Gasteiger partial charge in [0, 0.05) is 18.6 Å². The molecule has 4 heteroatoms. The summed E-state index contributed by atoms with van der Waals surface area (Å²) in [6, 6.07) is 8.69. The number of pyridine rings is 2. The van der Waals surface area contributed by atoms with Gasteiger partial charge in [0.15, 0.2) is 0 Å². The van der Waals surface area contributed by atoms with Crippen LogP contribution in [0.1, 0.15) is 16.1 Å². The van der Waals surface area contributed by atoms with E-state index in [1.165, 1.54) is 0 Å². The van der Waals surface area contributed by atoms with Crippen molar-refractivity contribution in [3.63, 3.8) is 0 Å². The molecule has 2 heterocycles. The highest BCUT2D eigenvalue weighted by Gasteiger charge is 2.06. The van der Waals surface area contributed by atoms with Gasteiger partial charge in [0.1, 0.15) is 6.61 Å². The van der Waals surface area contributed by atoms with Gasteiger partial charge in [0.25, 0.3) is 0 Å². The van der Waals surface area contributed by atoms with Crippen LogP contribution in [0.25, 0.3) is 0 Å². The van der Waals surface area contributed by atoms with Gasteiger partial charge in [-0.15, -0.1) is 0 Å². The molecule has 2 rings (SSSR count). The van der Waals surface area contributed by atoms with Gasteiger partial charge in [-0.1, -0.05) is 6.07 Å². The van der Waals surface area contributed by atoms with Crippen LogP contribution in [0.5, 0.6) is 0 Å². The summed E-state index contributed by atoms with van der Waals surface area (Å²) in [5.41, 5.74) is 1.22. The van der Waals surface area contributed by atoms with Gasteiger partial charge >= 0.3 is 5.97 Å². The predicted octanol–water partition coefficient (Wildman–Crippen LogP) is 1.83. The van der Waals surface area contributed by atoms with E-state index < -0.39 is 0 Å². The summed E-state index contributed by atoms with van der Waals surface area (Å²) in [6.45, 7) is 0.183. The summed E-state index contributed by atoms with van der Waals surface area (Å²) < 4.78 is 5.08. The first kappa shape index (κ1) is 10.3. The smallest absolute Gasteiger partial charge is 0.338 e. The summed E-state index contributed by atoms with van der Waals surface area (Å²) in [6.07, 6.45) is 4.77. The number of hydrogen-bond acceptors (Lipinski definition) is 4. The van der Waals surface area contributed by atoms with E-state index in [0.717, 1.165) is 5.69 Å². The van der Waals surface area contributed by atoms with E-state index in [9.17, 15) is 4.79 Å². The molecule has 0 fully saturated rings. The number of nitrogens with zero attached hydrogens (tertiary/aromatic N) is 2. The van der Waals surface area contributed by atoms with E-state index in [-0.39, 0.29) is 12.6 Å². The second-order valence-electron chi connectivity index (χ2n) is 3.13. The summed E-state index contributed by atoms with van der Waals surface area (Å²) in [7, 11) is 0. The number of esters is 1. The van der Waals surface area contributed by atoms with Crippen molar-refractivity contribution in [1.29, 1.82) is 0 Å². The Morgan fingerprint density at radius 2 is 1.94 bits per heavy atom. The van der Waals surface area contributed by atoms with E-state index in [1.54, 1.807) is 36.8 Å². The average Bonchev–Trinajstić information content (AvgIpc) is 2.38. The third kappa shape index (κ3) is 2.63. The highest BCUT2D eigenvalue weighted by molar-refractivity contribution is 5.89. The van der Waals surface area contributed by atoms with Crippen molar-refractivity contribution in [2.24, 2.45) is 0 Å². The Hall–Kier alpha value is -2.23. The van der Waals surface area contributed by atoms with Gasteiger partial charge in [0.2, 0.25) is 0 Å². The van der Waals surface area contributed by atoms with Gasteiger partial charge in [-0.05, 0) is 24.3 Å². The molecule has 0 aliphatic heterocycles. The van der Waals surface area contributed by atoms with Crippen LogP contribution in [0, 0.1) is 0 Å². The molecule has 0 atom stereocenters. The maximum atomic E-state index is 11.5. The molecule has 0 spiro atoms. The summed E-state index contributed by atoms with van der Waals surface area (Å²) in [5.74, 6) is -0.368. The fourth-order valence-corrected chi connectivity index (χ4v) is 1.19. The zero-order chi connectivity index (χ0) is 11.2. The molecule has 0 aliphatic carbocycles. The first-order valence-corrected chi connectivity index (χ1v) is 4.83. The lowest BCUT2D eigenvalue weighted by Gasteiger charge is -2.03. The lowest BCUT2D eigenvalue weighted by Crippen LogP contribution is -2.05. The van der Waals surface area contributed by atoms with E-state index in [4.69, 9.17) is 4.74 Å². The van der Waals surface area contributed by atoms with Gasteiger partial charge in [-0.2, -0.15) is 0 Å². The molecule has 80 valence electrons. The maximum Gasteiger partial charge on any atom is 0.338 e. The SMILES string of the molecule is O=C(OCc1ccccn1)c1ccncc1. The Kier molecular flexibility index (Phi) is 3.23. The second-order valence-corrected chi connectivity index (χ2v) is 3.13. The van der Waals surface area contributed by atoms with Crippen LogP contribution < -0.4 is 0 Å². The molecule has 0 unspecified atom stereocenters. The Balaban J connectivity index is 1.95. The highest BCUT2D eigenvalue weighted by Crippen LogP contribution is 2.02. The molecule has 0 saturated heterocycles. The molecule has 0 radical (unpaired) electrons. The summed E-state index contributed by atoms with van der Waals surface area (Å²) >= 11 is 0. The predicted molar refractivity (Wildman–Crippen MR) is 57.6 cm³/mol. The fraction of sp³-hybridized carbons (Fsp3) is 0.0833. The lowest BCUT2D eigenvalue weighted by molar-refractivity contribution is 0.0467. The molecule has 0 aromatic carbocycles. The van der Waals surface area contributed by atoms with Crippen LogP contribution in [0.4, 0.5) is 0 Å². The molecule has 4 nitrogen and oxygen atoms in total. The Bertz CT molecular complexity index is 457. The van der Waals surface area contributed by atoms with Crippen LogP contribution in [-0.2, 0) is 11.3 Å². The standard InChI is InChI=1S/C12H10N2O2/c15-12(10-4-7-13-8-5-10)16-9-11-3-1-2-6-14-11/h1-8H,9H2. The summed E-state index contributed by atoms with van der Waals surface area (Å²) in [4.78, 5) is 19.4. The van der Waals surface area contributed by atoms with Crippen molar-refractivity contribution in [1.82, 2.24) is 9.97 Å². The first-order chi connectivity index (χ1) is 7.86. The van der Waals surface area contributed by atoms with Gasteiger partial charge in [0.05, 0.1) is 11.3 Å². The van der Waals surface area contributed by atoms with E-state index in [0.29, 0.717) is 5.56 Å². The van der Waals surface area contributed by atoms with Crippen LogP contribution in [-0.4, -0.2) is 15.9 Å². The number of carbonyl (C=O) groups is 1. The third-order valence-electron chi connectivity index (χ3n) is 1.99. The topological polar surface area (TPSA) is 52.1 Å². The molecule has 16 heavy (non-hydrogen) atoms. The molecule has 0 bridgehead atoms. The normalized spacial score (nSPS) is 9.75. The van der Waals surface area contributed by atoms with Crippen LogP contribution in [0.15, 0.2) is 48.9 Å². The van der Waals surface area contributed by atoms with Gasteiger partial charge in [-0.25, -0.2) is 4.79 Å². The number of hydrogen-bond donors (Lipinski definition) is 0. The quantitative estimate of drug-likeness (QED) is 0.731. The zero-order valence-electron chi connectivity index (χ0n) is 8.54. The van der Waals surface area contributed by atoms with Crippen LogP contribution >= 0.6 is 0 Å². The van der Waals surface area contributed by atoms with Crippen molar-refractivity contribution in [3.05, 3.63) is 60.2 Å². The van der Waals surface area contributed by atoms with Crippen molar-refractivity contribution in [3.8, 4) is 0 Å². The Labute approximate surface area is 92.9 Å². The van der Waals surface area contributed by atoms with E-state index in [2.05, 4.69) is 9.97 Å². The van der Waals surface area contributed by atoms with Crippen LogP contribution in [0.2, 0.25) is 0 Å². The van der Waals surface area contributed by atoms with E-state index >= 15 is 0 Å². The third-order valence-corrected chi connectivity index (χ3v) is 1.99. The van der Waals surface area contributed by atoms with Gasteiger partial charge in [-0.3, -0.25) is 9.97 Å². The Morgan fingerprint density at radius 1 is 1.12 bits per heavy atom. The number of ether oxygens (including phenoxy) is 1. The van der Waals surface area contributed by atoms with Crippen molar-refractivity contribution < 1.29 is 9.53 Å².